The van der Waals surface area contributed by atoms with Crippen LogP contribution in [0.5, 0.6) is 0 Å². The second-order valence-corrected chi connectivity index (χ2v) is 7.95. The fourth-order valence-corrected chi connectivity index (χ4v) is 3.50. The van der Waals surface area contributed by atoms with Crippen molar-refractivity contribution in [1.82, 2.24) is 5.32 Å². The zero-order valence-corrected chi connectivity index (χ0v) is 14.2. The van der Waals surface area contributed by atoms with E-state index < -0.39 is 0 Å². The van der Waals surface area contributed by atoms with E-state index in [2.05, 4.69) is 58.2 Å². The molecular formula is C17H25BrN2. The van der Waals surface area contributed by atoms with Crippen LogP contribution in [0.2, 0.25) is 0 Å². The maximum atomic E-state index is 3.76. The van der Waals surface area contributed by atoms with E-state index in [0.717, 1.165) is 12.6 Å². The minimum atomic E-state index is 0.511. The van der Waals surface area contributed by atoms with E-state index in [0.29, 0.717) is 5.41 Å². The van der Waals surface area contributed by atoms with Gasteiger partial charge in [0.25, 0.3) is 0 Å². The van der Waals surface area contributed by atoms with Gasteiger partial charge in [-0.3, -0.25) is 0 Å². The normalized spacial score (nSPS) is 22.1. The molecule has 1 N–H and O–H groups in total. The number of hydrogen-bond acceptors (Lipinski definition) is 2. The van der Waals surface area contributed by atoms with Gasteiger partial charge in [-0.15, -0.1) is 0 Å². The predicted octanol–water partition coefficient (Wildman–Crippen LogP) is 4.33. The van der Waals surface area contributed by atoms with Gasteiger partial charge < -0.3 is 10.2 Å². The van der Waals surface area contributed by atoms with Crippen molar-refractivity contribution in [3.05, 3.63) is 28.2 Å². The van der Waals surface area contributed by atoms with Gasteiger partial charge in [-0.25, -0.2) is 0 Å². The summed E-state index contributed by atoms with van der Waals surface area (Å²) in [6, 6.07) is 7.62. The molecule has 1 saturated heterocycles. The minimum Gasteiger partial charge on any atom is -0.371 e. The largest absolute Gasteiger partial charge is 0.371 e. The Hall–Kier alpha value is -0.540. The third kappa shape index (κ3) is 3.56. The van der Waals surface area contributed by atoms with Crippen LogP contribution < -0.4 is 10.2 Å². The molecule has 0 unspecified atom stereocenters. The molecule has 1 heterocycles. The van der Waals surface area contributed by atoms with Crippen LogP contribution in [0, 0.1) is 5.41 Å². The SMILES string of the molecule is CC1(C)CCN(c2ccc(CNC3CC3)cc2Br)CC1. The van der Waals surface area contributed by atoms with Crippen LogP contribution in [0.15, 0.2) is 22.7 Å². The molecule has 1 aliphatic heterocycles. The highest BCUT2D eigenvalue weighted by Crippen LogP contribution is 2.35. The molecule has 20 heavy (non-hydrogen) atoms. The van der Waals surface area contributed by atoms with E-state index in [-0.39, 0.29) is 0 Å². The smallest absolute Gasteiger partial charge is 0.0510 e. The van der Waals surface area contributed by atoms with Crippen LogP contribution in [0.3, 0.4) is 0 Å². The lowest BCUT2D eigenvalue weighted by molar-refractivity contribution is 0.279. The maximum absolute atomic E-state index is 3.76. The van der Waals surface area contributed by atoms with Gasteiger partial charge >= 0.3 is 0 Å². The highest BCUT2D eigenvalue weighted by atomic mass is 79.9. The summed E-state index contributed by atoms with van der Waals surface area (Å²) in [7, 11) is 0. The average Bonchev–Trinajstić information content (AvgIpc) is 3.21. The summed E-state index contributed by atoms with van der Waals surface area (Å²) in [5, 5.41) is 3.58. The molecule has 0 aromatic heterocycles. The summed E-state index contributed by atoms with van der Waals surface area (Å²) in [6.07, 6.45) is 5.26. The van der Waals surface area contributed by atoms with Crippen LogP contribution in [-0.4, -0.2) is 19.1 Å². The summed E-state index contributed by atoms with van der Waals surface area (Å²) in [5.74, 6) is 0. The molecule has 2 aliphatic rings. The van der Waals surface area contributed by atoms with Gasteiger partial charge in [0, 0.05) is 30.1 Å². The Morgan fingerprint density at radius 1 is 1.25 bits per heavy atom. The number of hydrogen-bond donors (Lipinski definition) is 1. The summed E-state index contributed by atoms with van der Waals surface area (Å²) in [5.41, 5.74) is 3.25. The molecule has 0 bridgehead atoms. The molecule has 0 amide bonds. The van der Waals surface area contributed by atoms with Crippen molar-refractivity contribution in [2.45, 2.75) is 52.1 Å². The Bertz CT molecular complexity index is 470. The molecule has 110 valence electrons. The van der Waals surface area contributed by atoms with Gasteiger partial charge in [-0.1, -0.05) is 19.9 Å². The van der Waals surface area contributed by atoms with Crippen LogP contribution >= 0.6 is 15.9 Å². The highest BCUT2D eigenvalue weighted by molar-refractivity contribution is 9.10. The van der Waals surface area contributed by atoms with E-state index >= 15 is 0 Å². The van der Waals surface area contributed by atoms with Gasteiger partial charge in [0.1, 0.15) is 0 Å². The number of piperidine rings is 1. The highest BCUT2D eigenvalue weighted by Gasteiger charge is 2.26. The topological polar surface area (TPSA) is 15.3 Å². The van der Waals surface area contributed by atoms with Crippen LogP contribution in [0.1, 0.15) is 45.1 Å². The zero-order valence-electron chi connectivity index (χ0n) is 12.6. The third-order valence-electron chi connectivity index (χ3n) is 4.64. The molecule has 0 atom stereocenters. The van der Waals surface area contributed by atoms with Crippen molar-refractivity contribution < 1.29 is 0 Å². The quantitative estimate of drug-likeness (QED) is 0.880. The van der Waals surface area contributed by atoms with Crippen molar-refractivity contribution in [1.29, 1.82) is 0 Å². The van der Waals surface area contributed by atoms with E-state index in [1.807, 2.05) is 0 Å². The van der Waals surface area contributed by atoms with Gasteiger partial charge in [-0.05, 0) is 64.7 Å². The van der Waals surface area contributed by atoms with Gasteiger partial charge in [-0.2, -0.15) is 0 Å². The minimum absolute atomic E-state index is 0.511. The van der Waals surface area contributed by atoms with Crippen LogP contribution in [-0.2, 0) is 6.54 Å². The first kappa shape index (κ1) is 14.4. The first-order valence-electron chi connectivity index (χ1n) is 7.80. The van der Waals surface area contributed by atoms with Crippen molar-refractivity contribution >= 4 is 21.6 Å². The first-order chi connectivity index (χ1) is 9.53. The Morgan fingerprint density at radius 2 is 1.95 bits per heavy atom. The molecule has 2 fully saturated rings. The lowest BCUT2D eigenvalue weighted by atomic mass is 9.82. The second kappa shape index (κ2) is 5.69. The Balaban J connectivity index is 1.64. The first-order valence-corrected chi connectivity index (χ1v) is 8.60. The fraction of sp³-hybridized carbons (Fsp3) is 0.647. The molecule has 1 saturated carbocycles. The maximum Gasteiger partial charge on any atom is 0.0510 e. The van der Waals surface area contributed by atoms with Crippen LogP contribution in [0.25, 0.3) is 0 Å². The number of nitrogens with zero attached hydrogens (tertiary/aromatic N) is 1. The molecule has 1 aliphatic carbocycles. The number of halogens is 1. The van der Waals surface area contributed by atoms with E-state index in [4.69, 9.17) is 0 Å². The molecule has 0 radical (unpaired) electrons. The van der Waals surface area contributed by atoms with Gasteiger partial charge in [0.15, 0.2) is 0 Å². The Kier molecular flexibility index (Phi) is 4.09. The molecule has 3 heteroatoms. The standard InChI is InChI=1S/C17H25BrN2/c1-17(2)7-9-20(10-8-17)16-6-3-13(11-15(16)18)12-19-14-4-5-14/h3,6,11,14,19H,4-5,7-10,12H2,1-2H3. The molecule has 3 rings (SSSR count). The lowest BCUT2D eigenvalue weighted by Crippen LogP contribution is -2.37. The zero-order chi connectivity index (χ0) is 14.2. The average molecular weight is 337 g/mol. The van der Waals surface area contributed by atoms with Gasteiger partial charge in [0.05, 0.1) is 5.69 Å². The summed E-state index contributed by atoms with van der Waals surface area (Å²) >= 11 is 3.76. The van der Waals surface area contributed by atoms with Crippen molar-refractivity contribution in [2.24, 2.45) is 5.41 Å². The fourth-order valence-electron chi connectivity index (χ4n) is 2.82. The Labute approximate surface area is 131 Å². The molecule has 1 aromatic rings. The van der Waals surface area contributed by atoms with E-state index in [1.54, 1.807) is 0 Å². The summed E-state index contributed by atoms with van der Waals surface area (Å²) < 4.78 is 1.24. The van der Waals surface area contributed by atoms with Gasteiger partial charge in [0.2, 0.25) is 0 Å². The monoisotopic (exact) mass is 336 g/mol. The number of benzene rings is 1. The lowest BCUT2D eigenvalue weighted by Gasteiger charge is -2.38. The molecular weight excluding hydrogens is 312 g/mol. The van der Waals surface area contributed by atoms with Crippen molar-refractivity contribution in [3.8, 4) is 0 Å². The van der Waals surface area contributed by atoms with Crippen molar-refractivity contribution in [3.63, 3.8) is 0 Å². The van der Waals surface area contributed by atoms with E-state index in [9.17, 15) is 0 Å². The Morgan fingerprint density at radius 3 is 2.55 bits per heavy atom. The molecule has 2 nitrogen and oxygen atoms in total. The number of rotatable bonds is 4. The molecule has 1 aromatic carbocycles. The number of nitrogens with one attached hydrogen (secondary N) is 1. The molecule has 0 spiro atoms. The van der Waals surface area contributed by atoms with Crippen molar-refractivity contribution in [2.75, 3.05) is 18.0 Å². The summed E-state index contributed by atoms with van der Waals surface area (Å²) in [6.45, 7) is 8.10. The predicted molar refractivity (Wildman–Crippen MR) is 89.2 cm³/mol. The number of anilines is 1. The van der Waals surface area contributed by atoms with E-state index in [1.165, 1.54) is 54.5 Å². The summed E-state index contributed by atoms with van der Waals surface area (Å²) in [4.78, 5) is 2.52. The third-order valence-corrected chi connectivity index (χ3v) is 5.28. The second-order valence-electron chi connectivity index (χ2n) is 7.09. The van der Waals surface area contributed by atoms with Crippen LogP contribution in [0.4, 0.5) is 5.69 Å².